The van der Waals surface area contributed by atoms with Crippen molar-refractivity contribution in [3.05, 3.63) is 0 Å². The van der Waals surface area contributed by atoms with Gasteiger partial charge in [-0.15, -0.1) is 0 Å². The fraction of sp³-hybridized carbons (Fsp3) is 0.818. The average Bonchev–Trinajstić information content (AvgIpc) is 2.76. The molecule has 0 bridgehead atoms. The van der Waals surface area contributed by atoms with E-state index in [0.717, 1.165) is 25.7 Å². The van der Waals surface area contributed by atoms with Crippen molar-refractivity contribution in [2.24, 2.45) is 4.99 Å². The van der Waals surface area contributed by atoms with Crippen molar-refractivity contribution in [1.82, 2.24) is 10.6 Å². The van der Waals surface area contributed by atoms with Gasteiger partial charge in [-0.3, -0.25) is 0 Å². The third-order valence-electron chi connectivity index (χ3n) is 2.74. The molecule has 0 radical (unpaired) electrons. The lowest BCUT2D eigenvalue weighted by atomic mass is 10.2. The van der Waals surface area contributed by atoms with Gasteiger partial charge in [0.2, 0.25) is 0 Å². The Balaban J connectivity index is 1.95. The number of carbonyl (C=O) groups excluding carboxylic acids is 1. The maximum absolute atomic E-state index is 11.4. The van der Waals surface area contributed by atoms with Gasteiger partial charge in [0.15, 0.2) is 0 Å². The van der Waals surface area contributed by atoms with Crippen LogP contribution in [0.1, 0.15) is 38.5 Å². The van der Waals surface area contributed by atoms with Gasteiger partial charge < -0.3 is 10.6 Å². The molecule has 4 nitrogen and oxygen atoms in total. The van der Waals surface area contributed by atoms with Gasteiger partial charge in [-0.2, -0.15) is 0 Å². The highest BCUT2D eigenvalue weighted by Gasteiger charge is 2.16. The number of rotatable bonds is 6. The number of urea groups is 1. The summed E-state index contributed by atoms with van der Waals surface area (Å²) in [5, 5.41) is 8.15. The van der Waals surface area contributed by atoms with Gasteiger partial charge in [-0.05, 0) is 37.9 Å². The molecule has 0 aliphatic heterocycles. The summed E-state index contributed by atoms with van der Waals surface area (Å²) < 4.78 is 0. The monoisotopic (exact) mass is 241 g/mol. The number of carbonyl (C=O) groups is 1. The van der Waals surface area contributed by atoms with Crippen LogP contribution in [0, 0.1) is 0 Å². The van der Waals surface area contributed by atoms with Crippen LogP contribution in [-0.4, -0.2) is 30.3 Å². The molecule has 90 valence electrons. The van der Waals surface area contributed by atoms with E-state index in [9.17, 15) is 4.79 Å². The molecule has 0 heterocycles. The predicted octanol–water partition coefficient (Wildman–Crippen LogP) is 2.11. The van der Waals surface area contributed by atoms with Crippen LogP contribution in [0.15, 0.2) is 4.99 Å². The standard InChI is InChI=1S/C11H19N3OS/c15-11(14-10-5-1-2-6-10)13-8-4-3-7-12-9-16/h10H,1-8H2,(H2,13,14,15). The number of nitrogens with zero attached hydrogens (tertiary/aromatic N) is 1. The number of hydrogen-bond donors (Lipinski definition) is 2. The molecular weight excluding hydrogens is 222 g/mol. The Hall–Kier alpha value is -0.930. The lowest BCUT2D eigenvalue weighted by Gasteiger charge is -2.12. The number of isothiocyanates is 1. The summed E-state index contributed by atoms with van der Waals surface area (Å²) in [7, 11) is 0. The molecule has 16 heavy (non-hydrogen) atoms. The van der Waals surface area contributed by atoms with Gasteiger partial charge >= 0.3 is 6.03 Å². The van der Waals surface area contributed by atoms with Crippen molar-refractivity contribution in [3.63, 3.8) is 0 Å². The van der Waals surface area contributed by atoms with E-state index in [4.69, 9.17) is 0 Å². The molecule has 1 fully saturated rings. The highest BCUT2D eigenvalue weighted by molar-refractivity contribution is 7.78. The van der Waals surface area contributed by atoms with Crippen molar-refractivity contribution >= 4 is 23.4 Å². The minimum atomic E-state index is -0.0368. The molecule has 5 heteroatoms. The molecular formula is C11H19N3OS. The minimum Gasteiger partial charge on any atom is -0.338 e. The third kappa shape index (κ3) is 5.83. The van der Waals surface area contributed by atoms with Crippen LogP contribution in [-0.2, 0) is 0 Å². The molecule has 1 rings (SSSR count). The molecule has 0 aromatic heterocycles. The van der Waals surface area contributed by atoms with E-state index >= 15 is 0 Å². The largest absolute Gasteiger partial charge is 0.338 e. The van der Waals surface area contributed by atoms with Crippen molar-refractivity contribution in [3.8, 4) is 0 Å². The number of aliphatic imine (C=N–C) groups is 1. The summed E-state index contributed by atoms with van der Waals surface area (Å²) in [6.07, 6.45) is 6.58. The van der Waals surface area contributed by atoms with Crippen LogP contribution in [0.5, 0.6) is 0 Å². The van der Waals surface area contributed by atoms with E-state index in [-0.39, 0.29) is 6.03 Å². The molecule has 2 N–H and O–H groups in total. The van der Waals surface area contributed by atoms with Gasteiger partial charge in [0.25, 0.3) is 0 Å². The number of nitrogens with one attached hydrogen (secondary N) is 2. The van der Waals surface area contributed by atoms with Crippen LogP contribution in [0.25, 0.3) is 0 Å². The predicted molar refractivity (Wildman–Crippen MR) is 67.9 cm³/mol. The molecule has 1 aliphatic rings. The first-order valence-electron chi connectivity index (χ1n) is 5.91. The summed E-state index contributed by atoms with van der Waals surface area (Å²) in [4.78, 5) is 15.2. The molecule has 1 aliphatic carbocycles. The van der Waals surface area contributed by atoms with Crippen molar-refractivity contribution in [1.29, 1.82) is 0 Å². The van der Waals surface area contributed by atoms with E-state index in [1.54, 1.807) is 0 Å². The Bertz CT molecular complexity index is 258. The lowest BCUT2D eigenvalue weighted by molar-refractivity contribution is 0.237. The van der Waals surface area contributed by atoms with Gasteiger partial charge in [0.05, 0.1) is 5.16 Å². The summed E-state index contributed by atoms with van der Waals surface area (Å²) in [6, 6.07) is 0.352. The van der Waals surface area contributed by atoms with E-state index in [0.29, 0.717) is 19.1 Å². The van der Waals surface area contributed by atoms with E-state index < -0.39 is 0 Å². The fourth-order valence-electron chi connectivity index (χ4n) is 1.87. The zero-order valence-electron chi connectivity index (χ0n) is 9.50. The summed E-state index contributed by atoms with van der Waals surface area (Å²) >= 11 is 4.46. The molecule has 0 atom stereocenters. The van der Waals surface area contributed by atoms with Crippen LogP contribution in [0.3, 0.4) is 0 Å². The molecule has 2 amide bonds. The maximum atomic E-state index is 11.4. The Labute approximate surface area is 102 Å². The molecule has 0 unspecified atom stereocenters. The lowest BCUT2D eigenvalue weighted by Crippen LogP contribution is -2.41. The molecule has 0 saturated heterocycles. The minimum absolute atomic E-state index is 0.0368. The molecule has 1 saturated carbocycles. The van der Waals surface area contributed by atoms with E-state index in [1.807, 2.05) is 0 Å². The van der Waals surface area contributed by atoms with Gasteiger partial charge in [0, 0.05) is 19.1 Å². The highest BCUT2D eigenvalue weighted by atomic mass is 32.1. The Morgan fingerprint density at radius 1 is 1.38 bits per heavy atom. The Kier molecular flexibility index (Phi) is 6.77. The quantitative estimate of drug-likeness (QED) is 0.425. The molecule has 0 aromatic rings. The zero-order chi connectivity index (χ0) is 11.6. The second-order valence-corrected chi connectivity index (χ2v) is 4.24. The van der Waals surface area contributed by atoms with Gasteiger partial charge in [-0.25, -0.2) is 9.79 Å². The van der Waals surface area contributed by atoms with Crippen LogP contribution in [0.4, 0.5) is 4.79 Å². The first-order valence-corrected chi connectivity index (χ1v) is 6.32. The first-order chi connectivity index (χ1) is 7.83. The molecule has 0 spiro atoms. The second kappa shape index (κ2) is 8.25. The highest BCUT2D eigenvalue weighted by Crippen LogP contribution is 2.17. The first kappa shape index (κ1) is 13.1. The van der Waals surface area contributed by atoms with E-state index in [2.05, 4.69) is 33.0 Å². The van der Waals surface area contributed by atoms with Crippen LogP contribution in [0.2, 0.25) is 0 Å². The SMILES string of the molecule is O=C(NCCCCN=C=S)NC1CCCC1. The van der Waals surface area contributed by atoms with Crippen LogP contribution < -0.4 is 10.6 Å². The van der Waals surface area contributed by atoms with Crippen LogP contribution >= 0.6 is 12.2 Å². The van der Waals surface area contributed by atoms with Crippen molar-refractivity contribution < 1.29 is 4.79 Å². The van der Waals surface area contributed by atoms with Crippen molar-refractivity contribution in [2.75, 3.05) is 13.1 Å². The summed E-state index contributed by atoms with van der Waals surface area (Å²) in [5.41, 5.74) is 0. The second-order valence-electron chi connectivity index (χ2n) is 4.06. The number of hydrogen-bond acceptors (Lipinski definition) is 3. The average molecular weight is 241 g/mol. The fourth-order valence-corrected chi connectivity index (χ4v) is 1.96. The normalized spacial score (nSPS) is 15.5. The van der Waals surface area contributed by atoms with Gasteiger partial charge in [0.1, 0.15) is 0 Å². The number of thiocarbonyl (C=S) groups is 1. The third-order valence-corrected chi connectivity index (χ3v) is 2.87. The zero-order valence-corrected chi connectivity index (χ0v) is 10.3. The van der Waals surface area contributed by atoms with E-state index in [1.165, 1.54) is 12.8 Å². The van der Waals surface area contributed by atoms with Gasteiger partial charge in [-0.1, -0.05) is 12.8 Å². The summed E-state index contributed by atoms with van der Waals surface area (Å²) in [6.45, 7) is 1.40. The molecule has 0 aromatic carbocycles. The number of amides is 2. The number of unbranched alkanes of at least 4 members (excludes halogenated alkanes) is 1. The smallest absolute Gasteiger partial charge is 0.315 e. The summed E-state index contributed by atoms with van der Waals surface area (Å²) in [5.74, 6) is 0. The topological polar surface area (TPSA) is 53.5 Å². The maximum Gasteiger partial charge on any atom is 0.315 e. The Morgan fingerprint density at radius 3 is 2.81 bits per heavy atom. The van der Waals surface area contributed by atoms with Crippen molar-refractivity contribution in [2.45, 2.75) is 44.6 Å². The Morgan fingerprint density at radius 2 is 2.12 bits per heavy atom.